The lowest BCUT2D eigenvalue weighted by Crippen LogP contribution is -2.13. The van der Waals surface area contributed by atoms with Gasteiger partial charge in [0, 0.05) is 17.6 Å². The molecule has 0 fully saturated rings. The SMILES string of the molecule is C=C(C)C(=O)OCCOc1cc(-c2ccc(OC(=O)C(=C)C)cc2)ccc1OC(=O)CC. The first-order chi connectivity index (χ1) is 15.2. The van der Waals surface area contributed by atoms with Crippen LogP contribution in [0.25, 0.3) is 11.1 Å². The summed E-state index contributed by atoms with van der Waals surface area (Å²) in [5.41, 5.74) is 2.21. The number of esters is 3. The molecular formula is C25H26O7. The van der Waals surface area contributed by atoms with E-state index in [1.165, 1.54) is 0 Å². The van der Waals surface area contributed by atoms with Gasteiger partial charge in [-0.15, -0.1) is 0 Å². The fourth-order valence-electron chi connectivity index (χ4n) is 2.40. The van der Waals surface area contributed by atoms with Gasteiger partial charge in [0.2, 0.25) is 0 Å². The van der Waals surface area contributed by atoms with Crippen LogP contribution < -0.4 is 14.2 Å². The fraction of sp³-hybridized carbons (Fsp3) is 0.240. The van der Waals surface area contributed by atoms with Crippen molar-refractivity contribution < 1.29 is 33.3 Å². The monoisotopic (exact) mass is 438 g/mol. The third-order valence-electron chi connectivity index (χ3n) is 4.13. The minimum absolute atomic E-state index is 0.0138. The van der Waals surface area contributed by atoms with E-state index in [1.807, 2.05) is 0 Å². The minimum atomic E-state index is -0.507. The predicted molar refractivity (Wildman–Crippen MR) is 120 cm³/mol. The number of carbonyl (C=O) groups is 3. The van der Waals surface area contributed by atoms with Gasteiger partial charge in [0.15, 0.2) is 11.5 Å². The number of hydrogen-bond acceptors (Lipinski definition) is 7. The van der Waals surface area contributed by atoms with Crippen molar-refractivity contribution in [3.8, 4) is 28.4 Å². The van der Waals surface area contributed by atoms with E-state index >= 15 is 0 Å². The van der Waals surface area contributed by atoms with Crippen LogP contribution in [-0.4, -0.2) is 31.1 Å². The van der Waals surface area contributed by atoms with Gasteiger partial charge in [-0.05, 0) is 49.2 Å². The fourth-order valence-corrected chi connectivity index (χ4v) is 2.40. The Morgan fingerprint density at radius 3 is 2.00 bits per heavy atom. The second kappa shape index (κ2) is 11.5. The van der Waals surface area contributed by atoms with Crippen LogP contribution in [0.2, 0.25) is 0 Å². The van der Waals surface area contributed by atoms with Crippen LogP contribution in [0.3, 0.4) is 0 Å². The third-order valence-corrected chi connectivity index (χ3v) is 4.13. The first-order valence-corrected chi connectivity index (χ1v) is 9.99. The molecule has 2 aromatic carbocycles. The van der Waals surface area contributed by atoms with E-state index in [4.69, 9.17) is 18.9 Å². The summed E-state index contributed by atoms with van der Waals surface area (Å²) in [4.78, 5) is 34.9. The molecule has 7 nitrogen and oxygen atoms in total. The second-order valence-electron chi connectivity index (χ2n) is 6.95. The summed E-state index contributed by atoms with van der Waals surface area (Å²) in [6, 6.07) is 12.0. The Morgan fingerprint density at radius 2 is 1.41 bits per heavy atom. The summed E-state index contributed by atoms with van der Waals surface area (Å²) in [6.45, 7) is 12.0. The topological polar surface area (TPSA) is 88.1 Å². The number of ether oxygens (including phenoxy) is 4. The van der Waals surface area contributed by atoms with Gasteiger partial charge >= 0.3 is 17.9 Å². The number of rotatable bonds is 10. The highest BCUT2D eigenvalue weighted by atomic mass is 16.6. The lowest BCUT2D eigenvalue weighted by molar-refractivity contribution is -0.139. The lowest BCUT2D eigenvalue weighted by Gasteiger charge is -2.14. The Hall–Kier alpha value is -3.87. The molecule has 0 heterocycles. The summed E-state index contributed by atoms with van der Waals surface area (Å²) in [7, 11) is 0. The molecule has 168 valence electrons. The van der Waals surface area contributed by atoms with Crippen molar-refractivity contribution in [1.82, 2.24) is 0 Å². The van der Waals surface area contributed by atoms with Crippen molar-refractivity contribution in [1.29, 1.82) is 0 Å². The van der Waals surface area contributed by atoms with Crippen molar-refractivity contribution in [2.75, 3.05) is 13.2 Å². The van der Waals surface area contributed by atoms with Crippen molar-refractivity contribution in [3.05, 3.63) is 66.8 Å². The van der Waals surface area contributed by atoms with Crippen LogP contribution in [0, 0.1) is 0 Å². The van der Waals surface area contributed by atoms with E-state index in [9.17, 15) is 14.4 Å². The highest BCUT2D eigenvalue weighted by Crippen LogP contribution is 2.33. The van der Waals surface area contributed by atoms with Gasteiger partial charge in [0.1, 0.15) is 19.0 Å². The molecule has 2 rings (SSSR count). The quantitative estimate of drug-likeness (QED) is 0.231. The van der Waals surface area contributed by atoms with Gasteiger partial charge in [-0.3, -0.25) is 4.79 Å². The molecule has 7 heteroatoms. The molecular weight excluding hydrogens is 412 g/mol. The standard InChI is InChI=1S/C25H26O7/c1-6-23(26)32-21-12-9-19(15-22(21)29-13-14-30-24(27)16(2)3)18-7-10-20(11-8-18)31-25(28)17(4)5/h7-12,15H,2,4,6,13-14H2,1,3,5H3. The molecule has 0 bridgehead atoms. The largest absolute Gasteiger partial charge is 0.486 e. The van der Waals surface area contributed by atoms with Gasteiger partial charge in [0.05, 0.1) is 0 Å². The molecule has 0 radical (unpaired) electrons. The Kier molecular flexibility index (Phi) is 8.77. The van der Waals surface area contributed by atoms with Gasteiger partial charge < -0.3 is 18.9 Å². The van der Waals surface area contributed by atoms with Gasteiger partial charge in [-0.1, -0.05) is 38.3 Å². The maximum absolute atomic E-state index is 11.8. The smallest absolute Gasteiger partial charge is 0.338 e. The second-order valence-corrected chi connectivity index (χ2v) is 6.95. The number of hydrogen-bond donors (Lipinski definition) is 0. The van der Waals surface area contributed by atoms with Gasteiger partial charge in [-0.2, -0.15) is 0 Å². The number of carbonyl (C=O) groups excluding carboxylic acids is 3. The normalized spacial score (nSPS) is 10.1. The lowest BCUT2D eigenvalue weighted by atomic mass is 10.0. The van der Waals surface area contributed by atoms with Gasteiger partial charge in [-0.25, -0.2) is 9.59 Å². The first-order valence-electron chi connectivity index (χ1n) is 9.99. The molecule has 32 heavy (non-hydrogen) atoms. The van der Waals surface area contributed by atoms with E-state index in [0.717, 1.165) is 11.1 Å². The Morgan fingerprint density at radius 1 is 0.781 bits per heavy atom. The summed E-state index contributed by atoms with van der Waals surface area (Å²) in [6.07, 6.45) is 0.210. The van der Waals surface area contributed by atoms with Crippen molar-refractivity contribution >= 4 is 17.9 Å². The molecule has 0 N–H and O–H groups in total. The molecule has 0 atom stereocenters. The maximum atomic E-state index is 11.8. The average Bonchev–Trinajstić information content (AvgIpc) is 2.77. The maximum Gasteiger partial charge on any atom is 0.338 e. The van der Waals surface area contributed by atoms with E-state index in [0.29, 0.717) is 22.6 Å². The van der Waals surface area contributed by atoms with Crippen LogP contribution in [-0.2, 0) is 19.1 Å². The highest BCUT2D eigenvalue weighted by molar-refractivity contribution is 5.89. The zero-order chi connectivity index (χ0) is 23.7. The highest BCUT2D eigenvalue weighted by Gasteiger charge is 2.13. The predicted octanol–water partition coefficient (Wildman–Crippen LogP) is 4.65. The summed E-state index contributed by atoms with van der Waals surface area (Å²) in [5, 5.41) is 0. The molecule has 0 saturated heterocycles. The molecule has 0 saturated carbocycles. The molecule has 2 aromatic rings. The van der Waals surface area contributed by atoms with E-state index in [-0.39, 0.29) is 25.4 Å². The zero-order valence-corrected chi connectivity index (χ0v) is 18.4. The van der Waals surface area contributed by atoms with Crippen LogP contribution in [0.5, 0.6) is 17.2 Å². The first kappa shape index (κ1) is 24.4. The van der Waals surface area contributed by atoms with E-state index < -0.39 is 17.9 Å². The Balaban J connectivity index is 2.19. The molecule has 0 aliphatic carbocycles. The van der Waals surface area contributed by atoms with E-state index in [1.54, 1.807) is 63.2 Å². The average molecular weight is 438 g/mol. The van der Waals surface area contributed by atoms with Crippen molar-refractivity contribution in [2.45, 2.75) is 27.2 Å². The molecule has 0 aliphatic rings. The Labute approximate surface area is 187 Å². The molecule has 0 spiro atoms. The minimum Gasteiger partial charge on any atom is -0.486 e. The summed E-state index contributed by atoms with van der Waals surface area (Å²) in [5.74, 6) is -0.423. The van der Waals surface area contributed by atoms with Crippen LogP contribution >= 0.6 is 0 Å². The Bertz CT molecular complexity index is 1020. The summed E-state index contributed by atoms with van der Waals surface area (Å²) >= 11 is 0. The summed E-state index contributed by atoms with van der Waals surface area (Å²) < 4.78 is 21.3. The molecule has 0 amide bonds. The molecule has 0 unspecified atom stereocenters. The molecule has 0 aliphatic heterocycles. The van der Waals surface area contributed by atoms with Crippen molar-refractivity contribution in [2.24, 2.45) is 0 Å². The third kappa shape index (κ3) is 7.12. The van der Waals surface area contributed by atoms with Crippen molar-refractivity contribution in [3.63, 3.8) is 0 Å². The van der Waals surface area contributed by atoms with Gasteiger partial charge in [0.25, 0.3) is 0 Å². The van der Waals surface area contributed by atoms with Crippen LogP contribution in [0.4, 0.5) is 0 Å². The number of benzene rings is 2. The zero-order valence-electron chi connectivity index (χ0n) is 18.4. The molecule has 0 aromatic heterocycles. The van der Waals surface area contributed by atoms with Crippen LogP contribution in [0.15, 0.2) is 66.8 Å². The van der Waals surface area contributed by atoms with E-state index in [2.05, 4.69) is 13.2 Å². The van der Waals surface area contributed by atoms with Crippen LogP contribution in [0.1, 0.15) is 27.2 Å².